The predicted molar refractivity (Wildman–Crippen MR) is 153 cm³/mol. The molecule has 220 valence electrons. The molecule has 3 saturated heterocycles. The molecule has 1 N–H and O–H groups in total. The third-order valence-corrected chi connectivity index (χ3v) is 8.67. The van der Waals surface area contributed by atoms with Crippen molar-refractivity contribution in [2.45, 2.75) is 37.8 Å². The molecular weight excluding hydrogens is 543 g/mol. The average molecular weight is 577 g/mol. The first-order valence-corrected chi connectivity index (χ1v) is 14.3. The molecule has 0 bridgehead atoms. The normalized spacial score (nSPS) is 20.2. The summed E-state index contributed by atoms with van der Waals surface area (Å²) in [5.74, 6) is -0.417. The third-order valence-electron chi connectivity index (χ3n) is 8.67. The van der Waals surface area contributed by atoms with Crippen molar-refractivity contribution in [2.75, 3.05) is 57.9 Å². The number of ether oxygens (including phenoxy) is 2. The minimum Gasteiger partial charge on any atom is -0.494 e. The molecule has 0 aliphatic carbocycles. The number of fused-ring (bicyclic) bond motifs is 1. The highest BCUT2D eigenvalue weighted by molar-refractivity contribution is 5.92. The fourth-order valence-corrected chi connectivity index (χ4v) is 6.54. The van der Waals surface area contributed by atoms with Crippen LogP contribution in [0, 0.1) is 17.1 Å². The Labute approximate surface area is 242 Å². The van der Waals surface area contributed by atoms with Crippen LogP contribution >= 0.6 is 0 Å². The van der Waals surface area contributed by atoms with Gasteiger partial charge in [0.05, 0.1) is 54.8 Å². The number of amides is 1. The van der Waals surface area contributed by atoms with E-state index < -0.39 is 23.5 Å². The minimum absolute atomic E-state index is 0.0182. The smallest absolute Gasteiger partial charge is 0.407 e. The lowest BCUT2D eigenvalue weighted by atomic mass is 10.0. The van der Waals surface area contributed by atoms with Gasteiger partial charge in [0.15, 0.2) is 11.6 Å². The topological polar surface area (TPSA) is 124 Å². The van der Waals surface area contributed by atoms with Gasteiger partial charge in [-0.15, -0.1) is 0 Å². The van der Waals surface area contributed by atoms with E-state index in [0.717, 1.165) is 52.2 Å². The molecule has 3 aliphatic rings. The Morgan fingerprint density at radius 2 is 1.88 bits per heavy atom. The van der Waals surface area contributed by atoms with Crippen LogP contribution in [0.2, 0.25) is 0 Å². The van der Waals surface area contributed by atoms with Crippen molar-refractivity contribution in [1.29, 1.82) is 5.26 Å². The number of piperidine rings is 1. The molecule has 3 aliphatic heterocycles. The van der Waals surface area contributed by atoms with Crippen molar-refractivity contribution in [3.05, 3.63) is 57.9 Å². The fraction of sp³-hybridized carbons (Fsp3) is 0.467. The largest absolute Gasteiger partial charge is 0.494 e. The van der Waals surface area contributed by atoms with Gasteiger partial charge in [0.25, 0.3) is 5.56 Å². The van der Waals surface area contributed by atoms with E-state index in [4.69, 9.17) is 14.5 Å². The number of likely N-dealkylation sites (tertiary alicyclic amines) is 1. The number of nitrogens with zero attached hydrogens (tertiary/aromatic N) is 6. The average Bonchev–Trinajstić information content (AvgIpc) is 3.52. The Kier molecular flexibility index (Phi) is 7.70. The molecule has 3 aromatic rings. The second kappa shape index (κ2) is 11.6. The van der Waals surface area contributed by atoms with Crippen LogP contribution in [0.5, 0.6) is 5.75 Å². The Morgan fingerprint density at radius 1 is 1.12 bits per heavy atom. The van der Waals surface area contributed by atoms with Crippen LogP contribution in [-0.4, -0.2) is 89.6 Å². The first-order valence-electron chi connectivity index (χ1n) is 14.3. The Hall–Kier alpha value is -4.21. The molecule has 3 fully saturated rings. The van der Waals surface area contributed by atoms with E-state index >= 15 is 0 Å². The quantitative estimate of drug-likeness (QED) is 0.486. The summed E-state index contributed by atoms with van der Waals surface area (Å²) < 4.78 is 26.7. The molecule has 1 aromatic heterocycles. The molecule has 1 amide bonds. The molecule has 42 heavy (non-hydrogen) atoms. The van der Waals surface area contributed by atoms with E-state index in [0.29, 0.717) is 42.2 Å². The lowest BCUT2D eigenvalue weighted by Gasteiger charge is -2.41. The summed E-state index contributed by atoms with van der Waals surface area (Å²) in [4.78, 5) is 37.3. The molecule has 11 nitrogen and oxygen atoms in total. The zero-order valence-corrected chi connectivity index (χ0v) is 23.5. The molecule has 6 rings (SSSR count). The summed E-state index contributed by atoms with van der Waals surface area (Å²) in [7, 11) is 1.35. The van der Waals surface area contributed by atoms with Crippen molar-refractivity contribution in [2.24, 2.45) is 0 Å². The number of methoxy groups -OCH3 is 1. The molecule has 2 aromatic carbocycles. The van der Waals surface area contributed by atoms with Gasteiger partial charge < -0.3 is 19.5 Å². The summed E-state index contributed by atoms with van der Waals surface area (Å²) in [5.41, 5.74) is 1.13. The lowest BCUT2D eigenvalue weighted by molar-refractivity contribution is 0.0115. The van der Waals surface area contributed by atoms with Crippen molar-refractivity contribution >= 4 is 22.7 Å². The monoisotopic (exact) mass is 576 g/mol. The number of rotatable bonds is 5. The van der Waals surface area contributed by atoms with Crippen LogP contribution < -0.4 is 15.2 Å². The number of hydrogen-bond donors (Lipinski definition) is 1. The number of morpholine rings is 1. The molecule has 0 unspecified atom stereocenters. The summed E-state index contributed by atoms with van der Waals surface area (Å²) in [6.07, 6.45) is 1.81. The standard InChI is InChI=1S/C30H33FN6O5/c1-41-26-5-4-21(17-23(26)31)37-28(24-3-2-8-36(24)30(39)40)33-27-22(29(37)38)15-19(18-32)16-25(27)35-9-6-20(7-10-35)34-11-13-42-14-12-34/h4-5,15-17,20,24H,2-3,6-14H2,1H3,(H,39,40)/t24-/m1/s1. The molecule has 0 radical (unpaired) electrons. The molecule has 4 heterocycles. The fourth-order valence-electron chi connectivity index (χ4n) is 6.54. The number of carbonyl (C=O) groups is 1. The van der Waals surface area contributed by atoms with Gasteiger partial charge in [0.1, 0.15) is 11.3 Å². The van der Waals surface area contributed by atoms with E-state index in [1.807, 2.05) is 0 Å². The molecule has 0 spiro atoms. The van der Waals surface area contributed by atoms with Gasteiger partial charge in [0, 0.05) is 44.8 Å². The first kappa shape index (κ1) is 27.9. The number of nitriles is 1. The maximum atomic E-state index is 14.9. The summed E-state index contributed by atoms with van der Waals surface area (Å²) in [6, 6.07) is 9.34. The number of carboxylic acid groups (broad SMARTS) is 1. The van der Waals surface area contributed by atoms with Gasteiger partial charge in [-0.1, -0.05) is 0 Å². The van der Waals surface area contributed by atoms with Gasteiger partial charge >= 0.3 is 6.09 Å². The highest BCUT2D eigenvalue weighted by atomic mass is 19.1. The highest BCUT2D eigenvalue weighted by Crippen LogP contribution is 2.36. The van der Waals surface area contributed by atoms with Crippen LogP contribution in [0.3, 0.4) is 0 Å². The van der Waals surface area contributed by atoms with Gasteiger partial charge in [-0.2, -0.15) is 5.26 Å². The summed E-state index contributed by atoms with van der Waals surface area (Å²) >= 11 is 0. The summed E-state index contributed by atoms with van der Waals surface area (Å²) in [5, 5.41) is 20.0. The zero-order valence-electron chi connectivity index (χ0n) is 23.5. The Morgan fingerprint density at radius 3 is 2.55 bits per heavy atom. The van der Waals surface area contributed by atoms with Crippen LogP contribution in [0.1, 0.15) is 43.1 Å². The maximum absolute atomic E-state index is 14.9. The number of anilines is 1. The van der Waals surface area contributed by atoms with Crippen LogP contribution in [0.25, 0.3) is 16.6 Å². The van der Waals surface area contributed by atoms with E-state index in [1.165, 1.54) is 34.8 Å². The maximum Gasteiger partial charge on any atom is 0.407 e. The van der Waals surface area contributed by atoms with Gasteiger partial charge in [0.2, 0.25) is 0 Å². The van der Waals surface area contributed by atoms with Crippen LogP contribution in [0.15, 0.2) is 35.1 Å². The van der Waals surface area contributed by atoms with Gasteiger partial charge in [-0.3, -0.25) is 19.2 Å². The molecular formula is C30H33FN6O5. The lowest BCUT2D eigenvalue weighted by Crippen LogP contribution is -2.49. The number of benzene rings is 2. The minimum atomic E-state index is -1.11. The number of aromatic nitrogens is 2. The van der Waals surface area contributed by atoms with Crippen molar-refractivity contribution in [1.82, 2.24) is 19.4 Å². The van der Waals surface area contributed by atoms with Gasteiger partial charge in [-0.05, 0) is 49.9 Å². The van der Waals surface area contributed by atoms with E-state index in [2.05, 4.69) is 15.9 Å². The van der Waals surface area contributed by atoms with Crippen LogP contribution in [0.4, 0.5) is 14.9 Å². The second-order valence-electron chi connectivity index (χ2n) is 10.9. The zero-order chi connectivity index (χ0) is 29.4. The molecule has 0 saturated carbocycles. The van der Waals surface area contributed by atoms with E-state index in [9.17, 15) is 24.3 Å². The van der Waals surface area contributed by atoms with Crippen LogP contribution in [-0.2, 0) is 4.74 Å². The SMILES string of the molecule is COc1ccc(-n2c([C@H]3CCCN3C(=O)O)nc3c(N4CCC(N5CCOCC5)CC4)cc(C#N)cc3c2=O)cc1F. The first-order chi connectivity index (χ1) is 20.4. The van der Waals surface area contributed by atoms with Crippen molar-refractivity contribution in [3.8, 4) is 17.5 Å². The van der Waals surface area contributed by atoms with E-state index in [-0.39, 0.29) is 22.6 Å². The molecule has 1 atom stereocenters. The third kappa shape index (κ3) is 5.03. The van der Waals surface area contributed by atoms with E-state index in [1.54, 1.807) is 12.1 Å². The second-order valence-corrected chi connectivity index (χ2v) is 10.9. The Bertz CT molecular complexity index is 1610. The Balaban J connectivity index is 1.49. The highest BCUT2D eigenvalue weighted by Gasteiger charge is 2.35. The number of hydrogen-bond acceptors (Lipinski definition) is 8. The van der Waals surface area contributed by atoms with Crippen molar-refractivity contribution < 1.29 is 23.8 Å². The predicted octanol–water partition coefficient (Wildman–Crippen LogP) is 3.52. The van der Waals surface area contributed by atoms with Gasteiger partial charge in [-0.25, -0.2) is 14.2 Å². The number of halogens is 1. The van der Waals surface area contributed by atoms with Crippen molar-refractivity contribution in [3.63, 3.8) is 0 Å². The summed E-state index contributed by atoms with van der Waals surface area (Å²) in [6.45, 7) is 5.05. The molecule has 12 heteroatoms.